The first-order valence-corrected chi connectivity index (χ1v) is 5.43. The molecular formula is C10H9BrFN3O. The quantitative estimate of drug-likeness (QED) is 0.941. The van der Waals surface area contributed by atoms with Crippen LogP contribution in [0.2, 0.25) is 0 Å². The summed E-state index contributed by atoms with van der Waals surface area (Å²) >= 11 is 3.15. The van der Waals surface area contributed by atoms with Gasteiger partial charge in [-0.25, -0.2) is 4.39 Å². The molecule has 0 fully saturated rings. The molecule has 0 bridgehead atoms. The highest BCUT2D eigenvalue weighted by molar-refractivity contribution is 9.10. The van der Waals surface area contributed by atoms with E-state index in [1.165, 1.54) is 6.07 Å². The van der Waals surface area contributed by atoms with Crippen LogP contribution in [0.5, 0.6) is 0 Å². The van der Waals surface area contributed by atoms with Crippen molar-refractivity contribution in [2.75, 3.05) is 7.05 Å². The van der Waals surface area contributed by atoms with Crippen LogP contribution in [0.1, 0.15) is 5.82 Å². The second-order valence-corrected chi connectivity index (χ2v) is 3.94. The second-order valence-electron chi connectivity index (χ2n) is 3.15. The van der Waals surface area contributed by atoms with Crippen molar-refractivity contribution in [1.82, 2.24) is 15.5 Å². The number of hydrogen-bond donors (Lipinski definition) is 1. The first-order valence-electron chi connectivity index (χ1n) is 4.64. The second kappa shape index (κ2) is 4.71. The molecule has 0 aliphatic carbocycles. The molecule has 0 atom stereocenters. The third-order valence-corrected chi connectivity index (χ3v) is 2.79. The van der Waals surface area contributed by atoms with E-state index in [0.717, 1.165) is 0 Å². The molecule has 1 aromatic heterocycles. The average molecular weight is 286 g/mol. The molecule has 0 unspecified atom stereocenters. The molecule has 2 rings (SSSR count). The molecule has 0 amide bonds. The Balaban J connectivity index is 2.39. The normalized spacial score (nSPS) is 10.7. The van der Waals surface area contributed by atoms with Crippen molar-refractivity contribution in [3.05, 3.63) is 34.3 Å². The zero-order valence-corrected chi connectivity index (χ0v) is 10.1. The maximum absolute atomic E-state index is 13.3. The van der Waals surface area contributed by atoms with Crippen LogP contribution in [-0.2, 0) is 6.54 Å². The summed E-state index contributed by atoms with van der Waals surface area (Å²) < 4.78 is 18.6. The van der Waals surface area contributed by atoms with Crippen LogP contribution in [0.4, 0.5) is 4.39 Å². The van der Waals surface area contributed by atoms with Gasteiger partial charge in [0, 0.05) is 0 Å². The Morgan fingerprint density at radius 3 is 3.06 bits per heavy atom. The number of rotatable bonds is 3. The lowest BCUT2D eigenvalue weighted by molar-refractivity contribution is 0.420. The molecular weight excluding hydrogens is 277 g/mol. The maximum atomic E-state index is 13.3. The number of nitrogens with one attached hydrogen (secondary N) is 1. The van der Waals surface area contributed by atoms with Crippen molar-refractivity contribution in [1.29, 1.82) is 0 Å². The van der Waals surface area contributed by atoms with Gasteiger partial charge in [0.05, 0.1) is 16.6 Å². The lowest BCUT2D eigenvalue weighted by atomic mass is 10.2. The Kier molecular flexibility index (Phi) is 3.31. The zero-order valence-electron chi connectivity index (χ0n) is 8.50. The minimum absolute atomic E-state index is 0.302. The zero-order chi connectivity index (χ0) is 11.5. The fraction of sp³-hybridized carbons (Fsp3) is 0.200. The Morgan fingerprint density at radius 1 is 1.50 bits per heavy atom. The number of nitrogens with zero attached hydrogens (tertiary/aromatic N) is 2. The van der Waals surface area contributed by atoms with Crippen molar-refractivity contribution in [2.24, 2.45) is 0 Å². The molecule has 1 N–H and O–H groups in total. The van der Waals surface area contributed by atoms with E-state index in [-0.39, 0.29) is 5.82 Å². The average Bonchev–Trinajstić information content (AvgIpc) is 2.71. The van der Waals surface area contributed by atoms with E-state index in [1.54, 1.807) is 19.2 Å². The van der Waals surface area contributed by atoms with Gasteiger partial charge in [-0.2, -0.15) is 4.98 Å². The van der Waals surface area contributed by atoms with Crippen molar-refractivity contribution in [2.45, 2.75) is 6.54 Å². The number of hydrogen-bond acceptors (Lipinski definition) is 4. The van der Waals surface area contributed by atoms with Gasteiger partial charge in [0.2, 0.25) is 0 Å². The molecule has 0 saturated heterocycles. The molecule has 1 aromatic carbocycles. The van der Waals surface area contributed by atoms with E-state index < -0.39 is 0 Å². The van der Waals surface area contributed by atoms with Gasteiger partial charge >= 0.3 is 0 Å². The van der Waals surface area contributed by atoms with Crippen LogP contribution < -0.4 is 5.32 Å². The molecule has 0 spiro atoms. The van der Waals surface area contributed by atoms with E-state index in [0.29, 0.717) is 28.3 Å². The molecule has 6 heteroatoms. The largest absolute Gasteiger partial charge is 0.334 e. The van der Waals surface area contributed by atoms with Gasteiger partial charge < -0.3 is 9.84 Å². The van der Waals surface area contributed by atoms with Crippen molar-refractivity contribution in [3.8, 4) is 11.5 Å². The van der Waals surface area contributed by atoms with E-state index >= 15 is 0 Å². The van der Waals surface area contributed by atoms with Gasteiger partial charge in [-0.3, -0.25) is 0 Å². The monoisotopic (exact) mass is 285 g/mol. The topological polar surface area (TPSA) is 51.0 Å². The minimum Gasteiger partial charge on any atom is -0.334 e. The third kappa shape index (κ3) is 2.12. The van der Waals surface area contributed by atoms with Gasteiger partial charge in [0.1, 0.15) is 5.82 Å². The first kappa shape index (κ1) is 11.2. The summed E-state index contributed by atoms with van der Waals surface area (Å²) in [7, 11) is 1.79. The smallest absolute Gasteiger partial charge is 0.259 e. The van der Waals surface area contributed by atoms with Gasteiger partial charge in [-0.1, -0.05) is 11.2 Å². The van der Waals surface area contributed by atoms with Crippen LogP contribution in [0, 0.1) is 5.82 Å². The predicted molar refractivity (Wildman–Crippen MR) is 60.2 cm³/mol. The summed E-state index contributed by atoms with van der Waals surface area (Å²) in [6, 6.07) is 4.67. The van der Waals surface area contributed by atoms with Crippen LogP contribution >= 0.6 is 15.9 Å². The van der Waals surface area contributed by atoms with Crippen molar-refractivity contribution >= 4 is 15.9 Å². The molecule has 84 valence electrons. The minimum atomic E-state index is -0.356. The van der Waals surface area contributed by atoms with Crippen LogP contribution in [0.15, 0.2) is 27.2 Å². The fourth-order valence-corrected chi connectivity index (χ4v) is 1.70. The molecule has 16 heavy (non-hydrogen) atoms. The fourth-order valence-electron chi connectivity index (χ4n) is 1.26. The Hall–Kier alpha value is -1.27. The lowest BCUT2D eigenvalue weighted by Gasteiger charge is -1.98. The van der Waals surface area contributed by atoms with Crippen molar-refractivity contribution < 1.29 is 8.91 Å². The molecule has 0 saturated carbocycles. The molecule has 0 aliphatic rings. The maximum Gasteiger partial charge on any atom is 0.259 e. The van der Waals surface area contributed by atoms with Gasteiger partial charge in [0.25, 0.3) is 5.89 Å². The molecule has 0 radical (unpaired) electrons. The molecule has 2 aromatic rings. The highest BCUT2D eigenvalue weighted by atomic mass is 79.9. The Bertz CT molecular complexity index is 501. The third-order valence-electron chi connectivity index (χ3n) is 1.98. The molecule has 0 aliphatic heterocycles. The van der Waals surface area contributed by atoms with Crippen LogP contribution in [0.25, 0.3) is 11.5 Å². The summed E-state index contributed by atoms with van der Waals surface area (Å²) in [5, 5.41) is 6.67. The lowest BCUT2D eigenvalue weighted by Crippen LogP contribution is -2.06. The van der Waals surface area contributed by atoms with E-state index in [4.69, 9.17) is 4.52 Å². The Labute approximate surface area is 100.0 Å². The van der Waals surface area contributed by atoms with Gasteiger partial charge in [-0.05, 0) is 35.1 Å². The molecule has 1 heterocycles. The van der Waals surface area contributed by atoms with Crippen LogP contribution in [-0.4, -0.2) is 17.2 Å². The Morgan fingerprint density at radius 2 is 2.31 bits per heavy atom. The summed E-state index contributed by atoms with van der Waals surface area (Å²) in [4.78, 5) is 4.14. The summed E-state index contributed by atoms with van der Waals surface area (Å²) in [5.74, 6) is 0.483. The van der Waals surface area contributed by atoms with Crippen LogP contribution in [0.3, 0.4) is 0 Å². The number of aromatic nitrogens is 2. The van der Waals surface area contributed by atoms with Crippen molar-refractivity contribution in [3.63, 3.8) is 0 Å². The van der Waals surface area contributed by atoms with E-state index in [9.17, 15) is 4.39 Å². The predicted octanol–water partition coefficient (Wildman–Crippen LogP) is 2.36. The standard InChI is InChI=1S/C10H9BrFN3O/c1-13-5-8-14-10(16-15-8)6-3-2-4-7(12)9(6)11/h2-4,13H,5H2,1H3. The van der Waals surface area contributed by atoms with Gasteiger partial charge in [-0.15, -0.1) is 0 Å². The highest BCUT2D eigenvalue weighted by Gasteiger charge is 2.13. The van der Waals surface area contributed by atoms with E-state index in [1.807, 2.05) is 0 Å². The summed E-state index contributed by atoms with van der Waals surface area (Å²) in [5.41, 5.74) is 0.551. The summed E-state index contributed by atoms with van der Waals surface area (Å²) in [6.07, 6.45) is 0. The number of benzene rings is 1. The van der Waals surface area contributed by atoms with E-state index in [2.05, 4.69) is 31.4 Å². The molecule has 4 nitrogen and oxygen atoms in total. The first-order chi connectivity index (χ1) is 7.72. The number of halogens is 2. The summed E-state index contributed by atoms with van der Waals surface area (Å²) in [6.45, 7) is 0.510. The highest BCUT2D eigenvalue weighted by Crippen LogP contribution is 2.28. The van der Waals surface area contributed by atoms with Gasteiger partial charge in [0.15, 0.2) is 5.82 Å². The SMILES string of the molecule is CNCc1noc(-c2cccc(F)c2Br)n1.